The molecule has 1 saturated heterocycles. The van der Waals surface area contributed by atoms with Gasteiger partial charge in [-0.05, 0) is 55.0 Å². The fourth-order valence-electron chi connectivity index (χ4n) is 3.38. The minimum Gasteiger partial charge on any atom is -0.487 e. The van der Waals surface area contributed by atoms with Gasteiger partial charge in [-0.25, -0.2) is 4.98 Å². The van der Waals surface area contributed by atoms with E-state index in [0.29, 0.717) is 0 Å². The summed E-state index contributed by atoms with van der Waals surface area (Å²) < 4.78 is 6.05. The van der Waals surface area contributed by atoms with Gasteiger partial charge in [0, 0.05) is 17.3 Å². The minimum absolute atomic E-state index is 0.0143. The summed E-state index contributed by atoms with van der Waals surface area (Å²) in [5, 5.41) is 4.64. The largest absolute Gasteiger partial charge is 0.487 e. The van der Waals surface area contributed by atoms with E-state index in [0.717, 1.165) is 46.1 Å². The summed E-state index contributed by atoms with van der Waals surface area (Å²) in [5.41, 5.74) is 1.99. The molecule has 1 unspecified atom stereocenters. The van der Waals surface area contributed by atoms with E-state index in [4.69, 9.17) is 21.3 Å². The number of ether oxygens (including phenoxy) is 1. The van der Waals surface area contributed by atoms with Gasteiger partial charge in [0.25, 0.3) is 0 Å². The average Bonchev–Trinajstić information content (AvgIpc) is 2.64. The highest BCUT2D eigenvalue weighted by Crippen LogP contribution is 2.26. The SMILES string of the molecule is CC(=O)NC(C)c1ccc(OC2CN(c3ccc4cc(Cl)ccc4n3)C2)cc1. The molecule has 1 aliphatic heterocycles. The molecule has 1 atom stereocenters. The van der Waals surface area contributed by atoms with Crippen LogP contribution in [-0.4, -0.2) is 30.1 Å². The molecule has 2 heterocycles. The van der Waals surface area contributed by atoms with Crippen molar-refractivity contribution >= 4 is 34.2 Å². The second kappa shape index (κ2) is 7.68. The lowest BCUT2D eigenvalue weighted by Crippen LogP contribution is -2.54. The van der Waals surface area contributed by atoms with Gasteiger partial charge in [-0.15, -0.1) is 0 Å². The van der Waals surface area contributed by atoms with Crippen LogP contribution in [0, 0.1) is 0 Å². The number of halogens is 1. The molecule has 28 heavy (non-hydrogen) atoms. The number of carbonyl (C=O) groups is 1. The summed E-state index contributed by atoms with van der Waals surface area (Å²) in [4.78, 5) is 18.1. The number of aromatic nitrogens is 1. The molecule has 2 aromatic carbocycles. The zero-order valence-electron chi connectivity index (χ0n) is 15.9. The third-order valence-electron chi connectivity index (χ3n) is 4.91. The van der Waals surface area contributed by atoms with Crippen LogP contribution in [0.3, 0.4) is 0 Å². The molecule has 144 valence electrons. The topological polar surface area (TPSA) is 54.5 Å². The van der Waals surface area contributed by atoms with Gasteiger partial charge in [0.05, 0.1) is 24.6 Å². The smallest absolute Gasteiger partial charge is 0.217 e. The number of pyridine rings is 1. The summed E-state index contributed by atoms with van der Waals surface area (Å²) in [6.07, 6.45) is 0.140. The number of amides is 1. The van der Waals surface area contributed by atoms with E-state index in [2.05, 4.69) is 10.2 Å². The van der Waals surface area contributed by atoms with Crippen LogP contribution in [0.4, 0.5) is 5.82 Å². The molecule has 0 aliphatic carbocycles. The molecule has 6 heteroatoms. The van der Waals surface area contributed by atoms with Gasteiger partial charge < -0.3 is 15.0 Å². The van der Waals surface area contributed by atoms with Crippen LogP contribution in [0.2, 0.25) is 5.02 Å². The Labute approximate surface area is 169 Å². The number of nitrogens with zero attached hydrogens (tertiary/aromatic N) is 2. The van der Waals surface area contributed by atoms with Crippen molar-refractivity contribution < 1.29 is 9.53 Å². The summed E-state index contributed by atoms with van der Waals surface area (Å²) in [7, 11) is 0. The Balaban J connectivity index is 1.34. The van der Waals surface area contributed by atoms with Crippen LogP contribution >= 0.6 is 11.6 Å². The molecule has 0 spiro atoms. The zero-order chi connectivity index (χ0) is 19.7. The van der Waals surface area contributed by atoms with Gasteiger partial charge in [-0.2, -0.15) is 0 Å². The maximum absolute atomic E-state index is 11.2. The standard InChI is InChI=1S/C22H22ClN3O2/c1-14(24-15(2)27)16-3-7-19(8-4-16)28-20-12-26(13-20)22-10-5-17-11-18(23)6-9-21(17)25-22/h3-11,14,20H,12-13H2,1-2H3,(H,24,27). The van der Waals surface area contributed by atoms with Crippen LogP contribution in [0.15, 0.2) is 54.6 Å². The van der Waals surface area contributed by atoms with Crippen molar-refractivity contribution in [1.82, 2.24) is 10.3 Å². The van der Waals surface area contributed by atoms with Crippen molar-refractivity contribution in [2.24, 2.45) is 0 Å². The van der Waals surface area contributed by atoms with Crippen LogP contribution in [0.25, 0.3) is 10.9 Å². The summed E-state index contributed by atoms with van der Waals surface area (Å²) in [6, 6.07) is 17.7. The van der Waals surface area contributed by atoms with Crippen LogP contribution in [0.1, 0.15) is 25.5 Å². The summed E-state index contributed by atoms with van der Waals surface area (Å²) >= 11 is 6.03. The highest BCUT2D eigenvalue weighted by atomic mass is 35.5. The first-order valence-corrected chi connectivity index (χ1v) is 9.71. The normalized spacial score (nSPS) is 15.2. The van der Waals surface area contributed by atoms with Gasteiger partial charge in [0.1, 0.15) is 17.7 Å². The monoisotopic (exact) mass is 395 g/mol. The zero-order valence-corrected chi connectivity index (χ0v) is 16.6. The van der Waals surface area contributed by atoms with E-state index in [1.165, 1.54) is 6.92 Å². The molecule has 1 aromatic heterocycles. The summed E-state index contributed by atoms with van der Waals surface area (Å²) in [6.45, 7) is 5.09. The predicted molar refractivity (Wildman–Crippen MR) is 112 cm³/mol. The molecule has 5 nitrogen and oxygen atoms in total. The van der Waals surface area contributed by atoms with Crippen molar-refractivity contribution in [3.8, 4) is 5.75 Å². The Morgan fingerprint density at radius 1 is 1.18 bits per heavy atom. The van der Waals surface area contributed by atoms with Gasteiger partial charge in [-0.3, -0.25) is 4.79 Å². The third-order valence-corrected chi connectivity index (χ3v) is 5.15. The van der Waals surface area contributed by atoms with E-state index in [9.17, 15) is 4.79 Å². The second-order valence-corrected chi connectivity index (χ2v) is 7.58. The first kappa shape index (κ1) is 18.6. The van der Waals surface area contributed by atoms with E-state index < -0.39 is 0 Å². The predicted octanol–water partition coefficient (Wildman–Crippen LogP) is 4.35. The number of nitrogens with one attached hydrogen (secondary N) is 1. The molecule has 4 rings (SSSR count). The first-order chi connectivity index (χ1) is 13.5. The van der Waals surface area contributed by atoms with Crippen molar-refractivity contribution in [2.45, 2.75) is 26.0 Å². The highest BCUT2D eigenvalue weighted by Gasteiger charge is 2.29. The first-order valence-electron chi connectivity index (χ1n) is 9.33. The number of carbonyl (C=O) groups excluding carboxylic acids is 1. The fourth-order valence-corrected chi connectivity index (χ4v) is 3.56. The lowest BCUT2D eigenvalue weighted by atomic mass is 10.1. The number of anilines is 1. The molecule has 0 radical (unpaired) electrons. The van der Waals surface area contributed by atoms with Crippen LogP contribution in [-0.2, 0) is 4.79 Å². The Hall–Kier alpha value is -2.79. The molecule has 3 aromatic rings. The van der Waals surface area contributed by atoms with E-state index >= 15 is 0 Å². The van der Waals surface area contributed by atoms with Crippen molar-refractivity contribution in [3.63, 3.8) is 0 Å². The Morgan fingerprint density at radius 2 is 1.93 bits per heavy atom. The van der Waals surface area contributed by atoms with E-state index in [1.54, 1.807) is 0 Å². The Bertz CT molecular complexity index is 1000. The number of rotatable bonds is 5. The molecule has 1 aliphatic rings. The molecular formula is C22H22ClN3O2. The van der Waals surface area contributed by atoms with E-state index in [1.807, 2.05) is 61.5 Å². The molecule has 1 N–H and O–H groups in total. The molecular weight excluding hydrogens is 374 g/mol. The quantitative estimate of drug-likeness (QED) is 0.697. The highest BCUT2D eigenvalue weighted by molar-refractivity contribution is 6.31. The summed E-state index contributed by atoms with van der Waals surface area (Å²) in [5.74, 6) is 1.76. The second-order valence-electron chi connectivity index (χ2n) is 7.14. The Morgan fingerprint density at radius 3 is 2.64 bits per heavy atom. The van der Waals surface area contributed by atoms with Crippen molar-refractivity contribution in [1.29, 1.82) is 0 Å². The minimum atomic E-state index is -0.0345. The fraction of sp³-hybridized carbons (Fsp3) is 0.273. The Kier molecular flexibility index (Phi) is 5.09. The van der Waals surface area contributed by atoms with E-state index in [-0.39, 0.29) is 18.1 Å². The number of benzene rings is 2. The molecule has 0 bridgehead atoms. The van der Waals surface area contributed by atoms with Gasteiger partial charge in [0.15, 0.2) is 0 Å². The molecule has 1 amide bonds. The van der Waals surface area contributed by atoms with Crippen molar-refractivity contribution in [2.75, 3.05) is 18.0 Å². The van der Waals surface area contributed by atoms with Gasteiger partial charge in [-0.1, -0.05) is 23.7 Å². The lowest BCUT2D eigenvalue weighted by molar-refractivity contribution is -0.119. The lowest BCUT2D eigenvalue weighted by Gasteiger charge is -2.39. The molecule has 0 saturated carbocycles. The van der Waals surface area contributed by atoms with Crippen LogP contribution < -0.4 is 15.0 Å². The molecule has 1 fully saturated rings. The maximum atomic E-state index is 11.2. The average molecular weight is 396 g/mol. The van der Waals surface area contributed by atoms with Gasteiger partial charge in [0.2, 0.25) is 5.91 Å². The third kappa shape index (κ3) is 4.04. The number of fused-ring (bicyclic) bond motifs is 1. The maximum Gasteiger partial charge on any atom is 0.217 e. The number of hydrogen-bond donors (Lipinski definition) is 1. The number of hydrogen-bond acceptors (Lipinski definition) is 4. The van der Waals surface area contributed by atoms with Crippen LogP contribution in [0.5, 0.6) is 5.75 Å². The van der Waals surface area contributed by atoms with Crippen molar-refractivity contribution in [3.05, 3.63) is 65.2 Å². The van der Waals surface area contributed by atoms with Gasteiger partial charge >= 0.3 is 0 Å².